The average Bonchev–Trinajstić information content (AvgIpc) is 2.10. The second-order valence-corrected chi connectivity index (χ2v) is 1.48. The fraction of sp³-hybridized carbons (Fsp3) is 0. The molecule has 1 rings (SSSR count). The molecule has 10 heavy (non-hydrogen) atoms. The van der Waals surface area contributed by atoms with E-state index in [1.807, 2.05) is 24.3 Å². The minimum Gasteiger partial charge on any atom is -0.458 e. The summed E-state index contributed by atoms with van der Waals surface area (Å²) in [5.41, 5.74) is 0.715. The van der Waals surface area contributed by atoms with Crippen LogP contribution in [0.1, 0.15) is 5.56 Å². The van der Waals surface area contributed by atoms with Crippen LogP contribution in [0.2, 0.25) is 0 Å². The zero-order chi connectivity index (χ0) is 7.82. The van der Waals surface area contributed by atoms with Crippen LogP contribution in [0.5, 0.6) is 0 Å². The van der Waals surface area contributed by atoms with Gasteiger partial charge in [-0.05, 0) is 12.1 Å². The van der Waals surface area contributed by atoms with E-state index in [-0.39, 0.29) is 0 Å². The first kappa shape index (κ1) is 8.73. The molecule has 0 saturated carbocycles. The predicted molar refractivity (Wildman–Crippen MR) is 41.9 cm³/mol. The quantitative estimate of drug-likeness (QED) is 0.509. The summed E-state index contributed by atoms with van der Waals surface area (Å²) in [6.07, 6.45) is 0. The first-order valence-corrected chi connectivity index (χ1v) is 2.83. The van der Waals surface area contributed by atoms with Crippen LogP contribution in [0.25, 0.3) is 0 Å². The number of nitrogens with zero attached hydrogens (tertiary/aromatic N) is 1. The highest BCUT2D eigenvalue weighted by Gasteiger charge is 1.79. The van der Waals surface area contributed by atoms with E-state index in [1.54, 1.807) is 12.1 Å². The van der Waals surface area contributed by atoms with Gasteiger partial charge in [0.05, 0.1) is 11.6 Å². The summed E-state index contributed by atoms with van der Waals surface area (Å²) >= 11 is 0. The van der Waals surface area contributed by atoms with Crippen molar-refractivity contribution < 1.29 is 5.02 Å². The lowest BCUT2D eigenvalue weighted by Gasteiger charge is -1.80. The molecule has 2 nitrogen and oxygen atoms in total. The van der Waals surface area contributed by atoms with Gasteiger partial charge in [-0.1, -0.05) is 18.2 Å². The molecule has 0 aliphatic heterocycles. The summed E-state index contributed by atoms with van der Waals surface area (Å²) in [4.78, 5) is 0. The first-order chi connectivity index (χ1) is 4.93. The van der Waals surface area contributed by atoms with Crippen LogP contribution in [0.4, 0.5) is 0 Å². The van der Waals surface area contributed by atoms with Crippen molar-refractivity contribution in [2.45, 2.75) is 0 Å². The summed E-state index contributed by atoms with van der Waals surface area (Å²) in [6.45, 7) is 0. The number of hydrogen-bond acceptors (Lipinski definition) is 2. The Kier molecular flexibility index (Phi) is 5.12. The summed E-state index contributed by atoms with van der Waals surface area (Å²) in [7, 11) is 1.00. The van der Waals surface area contributed by atoms with Gasteiger partial charge < -0.3 is 5.02 Å². The van der Waals surface area contributed by atoms with Gasteiger partial charge in [-0.2, -0.15) is 5.26 Å². The van der Waals surface area contributed by atoms with E-state index in [2.05, 4.69) is 0 Å². The van der Waals surface area contributed by atoms with Crippen LogP contribution < -0.4 is 0 Å². The van der Waals surface area contributed by atoms with E-state index >= 15 is 0 Å². The largest absolute Gasteiger partial charge is 0.458 e. The Morgan fingerprint density at radius 3 is 2.00 bits per heavy atom. The Hall–Kier alpha value is -1.27. The highest BCUT2D eigenvalue weighted by Crippen LogP contribution is 1.92. The summed E-state index contributed by atoms with van der Waals surface area (Å²) in [6, 6.07) is 11.2. The molecule has 0 aliphatic carbocycles. The van der Waals surface area contributed by atoms with Gasteiger partial charge in [0, 0.05) is 0 Å². The number of hydrogen-bond donors (Lipinski definition) is 1. The molecule has 1 aromatic rings. The van der Waals surface area contributed by atoms with E-state index in [0.29, 0.717) is 5.56 Å². The summed E-state index contributed by atoms with van der Waals surface area (Å²) in [5.74, 6) is 0. The second-order valence-electron chi connectivity index (χ2n) is 1.48. The van der Waals surface area contributed by atoms with Gasteiger partial charge in [-0.25, -0.2) is 0 Å². The van der Waals surface area contributed by atoms with Crippen molar-refractivity contribution in [3.8, 4) is 6.07 Å². The molecular weight excluding hydrogens is 125 g/mol. The lowest BCUT2D eigenvalue weighted by molar-refractivity contribution is 0.629. The lowest BCUT2D eigenvalue weighted by Crippen LogP contribution is -1.66. The third-order valence-electron chi connectivity index (χ3n) is 0.903. The monoisotopic (exact) mass is 133 g/mol. The molecule has 1 aromatic carbocycles. The van der Waals surface area contributed by atoms with Crippen LogP contribution in [-0.4, -0.2) is 13.1 Å². The van der Waals surface area contributed by atoms with Crippen molar-refractivity contribution in [3.63, 3.8) is 0 Å². The van der Waals surface area contributed by atoms with Gasteiger partial charge in [0.15, 0.2) is 0 Å². The molecule has 0 unspecified atom stereocenters. The van der Waals surface area contributed by atoms with Crippen LogP contribution in [0.3, 0.4) is 0 Å². The molecule has 0 spiro atoms. The SMILES string of the molecule is BO.N#Cc1ccccc1. The molecule has 0 amide bonds. The molecular formula is C7H8BNO. The van der Waals surface area contributed by atoms with Gasteiger partial charge >= 0.3 is 0 Å². The van der Waals surface area contributed by atoms with Crippen molar-refractivity contribution in [2.24, 2.45) is 0 Å². The molecule has 50 valence electrons. The van der Waals surface area contributed by atoms with Gasteiger partial charge in [0.25, 0.3) is 8.05 Å². The Bertz CT molecular complexity index is 205. The Morgan fingerprint density at radius 2 is 1.70 bits per heavy atom. The minimum absolute atomic E-state index is 0.715. The molecule has 0 saturated heterocycles. The first-order valence-electron chi connectivity index (χ1n) is 2.83. The topological polar surface area (TPSA) is 44.0 Å². The van der Waals surface area contributed by atoms with Gasteiger partial charge in [-0.15, -0.1) is 0 Å². The van der Waals surface area contributed by atoms with E-state index in [4.69, 9.17) is 10.3 Å². The zero-order valence-corrected chi connectivity index (χ0v) is 5.78. The van der Waals surface area contributed by atoms with Crippen molar-refractivity contribution >= 4 is 8.05 Å². The van der Waals surface area contributed by atoms with Gasteiger partial charge in [0.2, 0.25) is 0 Å². The van der Waals surface area contributed by atoms with Crippen molar-refractivity contribution in [1.29, 1.82) is 5.26 Å². The summed E-state index contributed by atoms with van der Waals surface area (Å²) < 4.78 is 0. The zero-order valence-electron chi connectivity index (χ0n) is 5.78. The fourth-order valence-electron chi connectivity index (χ4n) is 0.513. The highest BCUT2D eigenvalue weighted by molar-refractivity contribution is 5.95. The van der Waals surface area contributed by atoms with E-state index in [0.717, 1.165) is 8.05 Å². The highest BCUT2D eigenvalue weighted by atomic mass is 16.2. The molecule has 0 aliphatic rings. The van der Waals surface area contributed by atoms with E-state index in [9.17, 15) is 0 Å². The lowest BCUT2D eigenvalue weighted by atomic mass is 10.2. The number of benzene rings is 1. The molecule has 0 atom stereocenters. The molecule has 0 fully saturated rings. The Labute approximate surface area is 61.2 Å². The number of rotatable bonds is 0. The second kappa shape index (κ2) is 5.86. The maximum atomic E-state index is 8.29. The molecule has 3 heteroatoms. The molecule has 0 bridgehead atoms. The Morgan fingerprint density at radius 1 is 1.20 bits per heavy atom. The molecule has 0 heterocycles. The molecule has 0 aromatic heterocycles. The third-order valence-corrected chi connectivity index (χ3v) is 0.903. The van der Waals surface area contributed by atoms with Crippen LogP contribution in [0, 0.1) is 11.3 Å². The van der Waals surface area contributed by atoms with Crippen molar-refractivity contribution in [2.75, 3.05) is 0 Å². The van der Waals surface area contributed by atoms with Crippen molar-refractivity contribution in [3.05, 3.63) is 35.9 Å². The van der Waals surface area contributed by atoms with Gasteiger partial charge in [0.1, 0.15) is 0 Å². The minimum atomic E-state index is 0.715. The van der Waals surface area contributed by atoms with Crippen LogP contribution >= 0.6 is 0 Å². The average molecular weight is 133 g/mol. The van der Waals surface area contributed by atoms with Crippen LogP contribution in [0.15, 0.2) is 30.3 Å². The maximum Gasteiger partial charge on any atom is 0.252 e. The Balaban J connectivity index is 0.000000371. The standard InChI is InChI=1S/C7H5N.BH3O/c8-6-7-4-2-1-3-5-7;1-2/h1-5H;2H,1H2. The van der Waals surface area contributed by atoms with E-state index < -0.39 is 0 Å². The van der Waals surface area contributed by atoms with E-state index in [1.165, 1.54) is 0 Å². The molecule has 1 N–H and O–H groups in total. The summed E-state index contributed by atoms with van der Waals surface area (Å²) in [5, 5.41) is 15.3. The third kappa shape index (κ3) is 2.90. The predicted octanol–water partition coefficient (Wildman–Crippen LogP) is 0.0851. The maximum absolute atomic E-state index is 8.29. The molecule has 0 radical (unpaired) electrons. The normalized spacial score (nSPS) is 6.80. The van der Waals surface area contributed by atoms with Crippen molar-refractivity contribution in [1.82, 2.24) is 0 Å². The fourth-order valence-corrected chi connectivity index (χ4v) is 0.513. The van der Waals surface area contributed by atoms with Crippen LogP contribution in [-0.2, 0) is 0 Å². The number of nitriles is 1. The smallest absolute Gasteiger partial charge is 0.252 e. The van der Waals surface area contributed by atoms with Gasteiger partial charge in [-0.3, -0.25) is 0 Å².